The minimum atomic E-state index is 0.314. The molecule has 0 aliphatic carbocycles. The van der Waals surface area contributed by atoms with Crippen molar-refractivity contribution >= 4 is 21.6 Å². The molecular formula is C16H23N3OS. The molecule has 2 heterocycles. The van der Waals surface area contributed by atoms with Gasteiger partial charge < -0.3 is 10.5 Å². The van der Waals surface area contributed by atoms with E-state index in [0.29, 0.717) is 24.7 Å². The predicted octanol–water partition coefficient (Wildman–Crippen LogP) is 2.80. The van der Waals surface area contributed by atoms with E-state index >= 15 is 0 Å². The number of likely N-dealkylation sites (tertiary alicyclic amines) is 1. The van der Waals surface area contributed by atoms with Crippen LogP contribution in [-0.2, 0) is 4.74 Å². The van der Waals surface area contributed by atoms with E-state index in [-0.39, 0.29) is 0 Å². The van der Waals surface area contributed by atoms with Gasteiger partial charge in [0.25, 0.3) is 0 Å². The zero-order valence-electron chi connectivity index (χ0n) is 12.7. The van der Waals surface area contributed by atoms with Crippen LogP contribution >= 0.6 is 11.3 Å². The van der Waals surface area contributed by atoms with Gasteiger partial charge in [-0.3, -0.25) is 4.90 Å². The molecule has 21 heavy (non-hydrogen) atoms. The lowest BCUT2D eigenvalue weighted by atomic mass is 9.97. The van der Waals surface area contributed by atoms with Crippen LogP contribution in [0.25, 0.3) is 10.2 Å². The van der Waals surface area contributed by atoms with E-state index in [1.54, 1.807) is 18.4 Å². The van der Waals surface area contributed by atoms with Crippen LogP contribution in [0.1, 0.15) is 30.8 Å². The van der Waals surface area contributed by atoms with Crippen molar-refractivity contribution in [2.24, 2.45) is 5.73 Å². The van der Waals surface area contributed by atoms with Gasteiger partial charge in [-0.05, 0) is 31.9 Å². The van der Waals surface area contributed by atoms with E-state index in [9.17, 15) is 0 Å². The van der Waals surface area contributed by atoms with Gasteiger partial charge in [-0.1, -0.05) is 12.1 Å². The maximum Gasteiger partial charge on any atom is 0.111 e. The SMILES string of the molecule is COC1CCN(C(C)c2nc3ccccc3s2)C(CN)C1. The van der Waals surface area contributed by atoms with Crippen LogP contribution < -0.4 is 5.73 Å². The van der Waals surface area contributed by atoms with Gasteiger partial charge >= 0.3 is 0 Å². The molecule has 114 valence electrons. The maximum absolute atomic E-state index is 5.99. The smallest absolute Gasteiger partial charge is 0.111 e. The number of nitrogens with two attached hydrogens (primary N) is 1. The van der Waals surface area contributed by atoms with E-state index in [1.165, 1.54) is 9.71 Å². The summed E-state index contributed by atoms with van der Waals surface area (Å²) in [4.78, 5) is 7.29. The second kappa shape index (κ2) is 6.40. The number of thiazole rings is 1. The van der Waals surface area contributed by atoms with E-state index < -0.39 is 0 Å². The van der Waals surface area contributed by atoms with Gasteiger partial charge in [-0.25, -0.2) is 4.98 Å². The topological polar surface area (TPSA) is 51.4 Å². The Morgan fingerprint density at radius 2 is 2.29 bits per heavy atom. The van der Waals surface area contributed by atoms with Gasteiger partial charge in [0, 0.05) is 26.2 Å². The molecule has 1 saturated heterocycles. The van der Waals surface area contributed by atoms with Crippen LogP contribution in [0.2, 0.25) is 0 Å². The normalized spacial score (nSPS) is 25.3. The summed E-state index contributed by atoms with van der Waals surface area (Å²) in [6, 6.07) is 9.03. The third-order valence-corrected chi connectivity index (χ3v) is 5.69. The number of para-hydroxylation sites is 1. The molecule has 3 rings (SSSR count). The van der Waals surface area contributed by atoms with Crippen LogP contribution in [0.15, 0.2) is 24.3 Å². The molecule has 0 amide bonds. The Morgan fingerprint density at radius 1 is 1.48 bits per heavy atom. The second-order valence-electron chi connectivity index (χ2n) is 5.71. The number of hydrogen-bond donors (Lipinski definition) is 1. The molecule has 3 atom stereocenters. The molecule has 2 aromatic rings. The minimum Gasteiger partial charge on any atom is -0.381 e. The Balaban J connectivity index is 1.81. The highest BCUT2D eigenvalue weighted by atomic mass is 32.1. The lowest BCUT2D eigenvalue weighted by Gasteiger charge is -2.41. The fraction of sp³-hybridized carbons (Fsp3) is 0.562. The van der Waals surface area contributed by atoms with Crippen LogP contribution in [-0.4, -0.2) is 42.2 Å². The molecule has 1 aliphatic heterocycles. The van der Waals surface area contributed by atoms with Crippen molar-refractivity contribution in [3.05, 3.63) is 29.3 Å². The third-order valence-electron chi connectivity index (χ3n) is 4.48. The van der Waals surface area contributed by atoms with Gasteiger partial charge in [0.2, 0.25) is 0 Å². The van der Waals surface area contributed by atoms with Gasteiger partial charge in [0.05, 0.1) is 22.4 Å². The van der Waals surface area contributed by atoms with Crippen molar-refractivity contribution < 1.29 is 4.74 Å². The Labute approximate surface area is 129 Å². The number of ether oxygens (including phenoxy) is 1. The van der Waals surface area contributed by atoms with Crippen LogP contribution in [0, 0.1) is 0 Å². The summed E-state index contributed by atoms with van der Waals surface area (Å²) >= 11 is 1.79. The number of aromatic nitrogens is 1. The Kier molecular flexibility index (Phi) is 4.54. The molecule has 2 N–H and O–H groups in total. The molecule has 3 unspecified atom stereocenters. The van der Waals surface area contributed by atoms with E-state index in [4.69, 9.17) is 15.5 Å². The first-order valence-corrected chi connectivity index (χ1v) is 8.38. The molecule has 1 aliphatic rings. The first kappa shape index (κ1) is 14.9. The highest BCUT2D eigenvalue weighted by Gasteiger charge is 2.32. The van der Waals surface area contributed by atoms with Gasteiger partial charge in [0.15, 0.2) is 0 Å². The third kappa shape index (κ3) is 2.97. The zero-order valence-corrected chi connectivity index (χ0v) is 13.5. The number of methoxy groups -OCH3 is 1. The maximum atomic E-state index is 5.99. The summed E-state index contributed by atoms with van der Waals surface area (Å²) in [6.07, 6.45) is 2.43. The monoisotopic (exact) mass is 305 g/mol. The van der Waals surface area contributed by atoms with Crippen LogP contribution in [0.3, 0.4) is 0 Å². The molecule has 1 fully saturated rings. The van der Waals surface area contributed by atoms with Crippen molar-refractivity contribution in [1.29, 1.82) is 0 Å². The van der Waals surface area contributed by atoms with Crippen molar-refractivity contribution in [3.8, 4) is 0 Å². The molecule has 0 saturated carbocycles. The summed E-state index contributed by atoms with van der Waals surface area (Å²) < 4.78 is 6.77. The number of benzene rings is 1. The summed E-state index contributed by atoms with van der Waals surface area (Å²) in [5.41, 5.74) is 7.08. The molecule has 1 aromatic carbocycles. The molecule has 0 bridgehead atoms. The highest BCUT2D eigenvalue weighted by molar-refractivity contribution is 7.18. The molecule has 0 radical (unpaired) electrons. The Bertz CT molecular complexity index is 567. The number of hydrogen-bond acceptors (Lipinski definition) is 5. The number of nitrogens with zero attached hydrogens (tertiary/aromatic N) is 2. The van der Waals surface area contributed by atoms with Gasteiger partial charge in [-0.15, -0.1) is 11.3 Å². The summed E-state index contributed by atoms with van der Waals surface area (Å²) in [5, 5.41) is 1.19. The molecular weight excluding hydrogens is 282 g/mol. The minimum absolute atomic E-state index is 0.314. The van der Waals surface area contributed by atoms with E-state index in [1.807, 2.05) is 6.07 Å². The van der Waals surface area contributed by atoms with Gasteiger partial charge in [0.1, 0.15) is 5.01 Å². The Hall–Kier alpha value is -1.01. The standard InChI is InChI=1S/C16H23N3OS/c1-11(16-18-14-5-3-4-6-15(14)21-16)19-8-7-13(20-2)9-12(19)10-17/h3-6,11-13H,7-10,17H2,1-2H3. The summed E-state index contributed by atoms with van der Waals surface area (Å²) in [7, 11) is 1.80. The fourth-order valence-corrected chi connectivity index (χ4v) is 4.24. The highest BCUT2D eigenvalue weighted by Crippen LogP contribution is 2.33. The predicted molar refractivity (Wildman–Crippen MR) is 87.6 cm³/mol. The van der Waals surface area contributed by atoms with Crippen LogP contribution in [0.4, 0.5) is 0 Å². The first-order valence-electron chi connectivity index (χ1n) is 7.57. The quantitative estimate of drug-likeness (QED) is 0.943. The molecule has 0 spiro atoms. The largest absolute Gasteiger partial charge is 0.381 e. The van der Waals surface area contributed by atoms with Crippen LogP contribution in [0.5, 0.6) is 0 Å². The number of piperidine rings is 1. The van der Waals surface area contributed by atoms with E-state index in [2.05, 4.69) is 30.0 Å². The van der Waals surface area contributed by atoms with E-state index in [0.717, 1.165) is 24.9 Å². The molecule has 5 heteroatoms. The Morgan fingerprint density at radius 3 is 3.00 bits per heavy atom. The van der Waals surface area contributed by atoms with Crippen molar-refractivity contribution in [3.63, 3.8) is 0 Å². The first-order chi connectivity index (χ1) is 10.2. The summed E-state index contributed by atoms with van der Waals surface area (Å²) in [5.74, 6) is 0. The lowest BCUT2D eigenvalue weighted by Crippen LogP contribution is -2.49. The van der Waals surface area contributed by atoms with Crippen molar-refractivity contribution in [2.45, 2.75) is 38.0 Å². The average molecular weight is 305 g/mol. The van der Waals surface area contributed by atoms with Crippen molar-refractivity contribution in [2.75, 3.05) is 20.2 Å². The lowest BCUT2D eigenvalue weighted by molar-refractivity contribution is -0.00164. The van der Waals surface area contributed by atoms with Crippen molar-refractivity contribution in [1.82, 2.24) is 9.88 Å². The fourth-order valence-electron chi connectivity index (χ4n) is 3.20. The summed E-state index contributed by atoms with van der Waals surface area (Å²) in [6.45, 7) is 3.94. The number of fused-ring (bicyclic) bond motifs is 1. The number of rotatable bonds is 4. The molecule has 1 aromatic heterocycles. The average Bonchev–Trinajstić information content (AvgIpc) is 2.97. The zero-order chi connectivity index (χ0) is 14.8. The molecule has 4 nitrogen and oxygen atoms in total. The van der Waals surface area contributed by atoms with Gasteiger partial charge in [-0.2, -0.15) is 0 Å². The second-order valence-corrected chi connectivity index (χ2v) is 6.77.